The molecule has 1 atom stereocenters. The SMILES string of the molecule is Nc1nc(N2CCOCC2)nc2c1[C@H](C(=O)O)CC(=O)N2. The minimum absolute atomic E-state index is 0.0916. The number of hydrogen-bond acceptors (Lipinski definition) is 7. The van der Waals surface area contributed by atoms with E-state index in [0.717, 1.165) is 0 Å². The van der Waals surface area contributed by atoms with Crippen LogP contribution in [0.2, 0.25) is 0 Å². The topological polar surface area (TPSA) is 131 Å². The first-order chi connectivity index (χ1) is 10.1. The van der Waals surface area contributed by atoms with Crippen LogP contribution in [0.25, 0.3) is 0 Å². The van der Waals surface area contributed by atoms with E-state index >= 15 is 0 Å². The number of nitrogens with two attached hydrogens (primary N) is 1. The summed E-state index contributed by atoms with van der Waals surface area (Å²) < 4.78 is 5.25. The third kappa shape index (κ3) is 2.47. The molecule has 2 aliphatic rings. The molecule has 4 N–H and O–H groups in total. The van der Waals surface area contributed by atoms with Gasteiger partial charge >= 0.3 is 5.97 Å². The number of morpholine rings is 1. The highest BCUT2D eigenvalue weighted by Gasteiger charge is 2.35. The first-order valence-corrected chi connectivity index (χ1v) is 6.59. The number of carbonyl (C=O) groups excluding carboxylic acids is 1. The van der Waals surface area contributed by atoms with E-state index in [0.29, 0.717) is 32.3 Å². The number of amides is 1. The lowest BCUT2D eigenvalue weighted by atomic mass is 9.93. The van der Waals surface area contributed by atoms with E-state index in [1.165, 1.54) is 0 Å². The Hall–Kier alpha value is -2.42. The third-order valence-corrected chi connectivity index (χ3v) is 3.55. The van der Waals surface area contributed by atoms with Crippen molar-refractivity contribution in [2.75, 3.05) is 42.3 Å². The van der Waals surface area contributed by atoms with Crippen molar-refractivity contribution in [3.63, 3.8) is 0 Å². The molecule has 0 bridgehead atoms. The van der Waals surface area contributed by atoms with Gasteiger partial charge in [0.05, 0.1) is 24.7 Å². The number of fused-ring (bicyclic) bond motifs is 1. The molecule has 2 aliphatic heterocycles. The number of aromatic nitrogens is 2. The Morgan fingerprint density at radius 3 is 2.76 bits per heavy atom. The van der Waals surface area contributed by atoms with Crippen LogP contribution in [0.15, 0.2) is 0 Å². The van der Waals surface area contributed by atoms with Gasteiger partial charge in [0.1, 0.15) is 11.6 Å². The normalized spacial score (nSPS) is 21.6. The molecular weight excluding hydrogens is 278 g/mol. The molecule has 1 saturated heterocycles. The smallest absolute Gasteiger partial charge is 0.311 e. The van der Waals surface area contributed by atoms with E-state index in [2.05, 4.69) is 15.3 Å². The van der Waals surface area contributed by atoms with Gasteiger partial charge < -0.3 is 25.8 Å². The van der Waals surface area contributed by atoms with E-state index in [1.54, 1.807) is 0 Å². The molecule has 0 saturated carbocycles. The molecule has 1 amide bonds. The second-order valence-electron chi connectivity index (χ2n) is 4.91. The van der Waals surface area contributed by atoms with E-state index < -0.39 is 11.9 Å². The van der Waals surface area contributed by atoms with Gasteiger partial charge in [-0.05, 0) is 0 Å². The molecule has 0 unspecified atom stereocenters. The summed E-state index contributed by atoms with van der Waals surface area (Å²) in [5.41, 5.74) is 6.18. The Balaban J connectivity index is 2.01. The molecule has 3 rings (SSSR count). The summed E-state index contributed by atoms with van der Waals surface area (Å²) in [4.78, 5) is 33.3. The van der Waals surface area contributed by atoms with Crippen molar-refractivity contribution in [2.45, 2.75) is 12.3 Å². The number of anilines is 3. The van der Waals surface area contributed by atoms with Gasteiger partial charge in [0.2, 0.25) is 11.9 Å². The lowest BCUT2D eigenvalue weighted by Gasteiger charge is -2.29. The van der Waals surface area contributed by atoms with Gasteiger partial charge in [-0.15, -0.1) is 0 Å². The van der Waals surface area contributed by atoms with Crippen molar-refractivity contribution in [2.24, 2.45) is 0 Å². The number of nitrogens with one attached hydrogen (secondary N) is 1. The van der Waals surface area contributed by atoms with Crippen LogP contribution in [0.1, 0.15) is 17.9 Å². The van der Waals surface area contributed by atoms with Crippen LogP contribution >= 0.6 is 0 Å². The Kier molecular flexibility index (Phi) is 3.34. The van der Waals surface area contributed by atoms with Gasteiger partial charge in [0.25, 0.3) is 0 Å². The number of rotatable bonds is 2. The zero-order valence-corrected chi connectivity index (χ0v) is 11.2. The van der Waals surface area contributed by atoms with Gasteiger partial charge in [-0.2, -0.15) is 9.97 Å². The highest BCUT2D eigenvalue weighted by atomic mass is 16.5. The highest BCUT2D eigenvalue weighted by Crippen LogP contribution is 2.35. The fourth-order valence-electron chi connectivity index (χ4n) is 2.50. The van der Waals surface area contributed by atoms with Crippen molar-refractivity contribution in [1.29, 1.82) is 0 Å². The first kappa shape index (κ1) is 13.6. The Labute approximate surface area is 120 Å². The fourth-order valence-corrected chi connectivity index (χ4v) is 2.50. The summed E-state index contributed by atoms with van der Waals surface area (Å²) in [5, 5.41) is 11.8. The Bertz CT molecular complexity index is 600. The first-order valence-electron chi connectivity index (χ1n) is 6.59. The summed E-state index contributed by atoms with van der Waals surface area (Å²) in [6.45, 7) is 2.36. The monoisotopic (exact) mass is 293 g/mol. The van der Waals surface area contributed by atoms with Gasteiger partial charge in [-0.3, -0.25) is 9.59 Å². The maximum atomic E-state index is 11.6. The second-order valence-corrected chi connectivity index (χ2v) is 4.91. The molecule has 112 valence electrons. The number of nitrogen functional groups attached to an aromatic ring is 1. The molecule has 1 aromatic rings. The molecule has 21 heavy (non-hydrogen) atoms. The lowest BCUT2D eigenvalue weighted by Crippen LogP contribution is -2.38. The van der Waals surface area contributed by atoms with Crippen LogP contribution in [0.3, 0.4) is 0 Å². The van der Waals surface area contributed by atoms with Crippen molar-refractivity contribution >= 4 is 29.5 Å². The third-order valence-electron chi connectivity index (χ3n) is 3.55. The number of carboxylic acid groups (broad SMARTS) is 1. The molecule has 9 heteroatoms. The van der Waals surface area contributed by atoms with E-state index in [9.17, 15) is 14.7 Å². The largest absolute Gasteiger partial charge is 0.481 e. The number of hydrogen-bond donors (Lipinski definition) is 3. The van der Waals surface area contributed by atoms with Crippen molar-refractivity contribution in [3.8, 4) is 0 Å². The Morgan fingerprint density at radius 1 is 1.38 bits per heavy atom. The molecule has 1 fully saturated rings. The fraction of sp³-hybridized carbons (Fsp3) is 0.500. The number of aliphatic carboxylic acids is 1. The predicted molar refractivity (Wildman–Crippen MR) is 73.1 cm³/mol. The average Bonchev–Trinajstić information content (AvgIpc) is 2.46. The molecular formula is C12H15N5O4. The highest BCUT2D eigenvalue weighted by molar-refractivity contribution is 6.00. The van der Waals surface area contributed by atoms with Crippen LogP contribution in [0, 0.1) is 0 Å². The summed E-state index contributed by atoms with van der Waals surface area (Å²) in [5.74, 6) is -1.85. The van der Waals surface area contributed by atoms with E-state index in [1.807, 2.05) is 4.90 Å². The van der Waals surface area contributed by atoms with E-state index in [-0.39, 0.29) is 29.5 Å². The van der Waals surface area contributed by atoms with Crippen LogP contribution in [0.4, 0.5) is 17.6 Å². The number of carbonyl (C=O) groups is 2. The zero-order valence-electron chi connectivity index (χ0n) is 11.2. The van der Waals surface area contributed by atoms with Gasteiger partial charge in [-0.1, -0.05) is 0 Å². The lowest BCUT2D eigenvalue weighted by molar-refractivity contribution is -0.140. The van der Waals surface area contributed by atoms with Crippen LogP contribution in [-0.2, 0) is 14.3 Å². The van der Waals surface area contributed by atoms with Gasteiger partial charge in [0.15, 0.2) is 0 Å². The predicted octanol–water partition coefficient (Wildman–Crippen LogP) is -0.594. The molecule has 0 aromatic carbocycles. The van der Waals surface area contributed by atoms with Crippen molar-refractivity contribution in [3.05, 3.63) is 5.56 Å². The second kappa shape index (κ2) is 5.17. The molecule has 0 spiro atoms. The molecule has 3 heterocycles. The van der Waals surface area contributed by atoms with Crippen molar-refractivity contribution < 1.29 is 19.4 Å². The molecule has 1 aromatic heterocycles. The maximum Gasteiger partial charge on any atom is 0.311 e. The van der Waals surface area contributed by atoms with Gasteiger partial charge in [-0.25, -0.2) is 0 Å². The number of ether oxygens (including phenoxy) is 1. The Morgan fingerprint density at radius 2 is 2.10 bits per heavy atom. The summed E-state index contributed by atoms with van der Waals surface area (Å²) in [7, 11) is 0. The molecule has 0 aliphatic carbocycles. The maximum absolute atomic E-state index is 11.6. The number of carboxylic acids is 1. The molecule has 0 radical (unpaired) electrons. The van der Waals surface area contributed by atoms with E-state index in [4.69, 9.17) is 10.5 Å². The number of nitrogens with zero attached hydrogens (tertiary/aromatic N) is 3. The summed E-state index contributed by atoms with van der Waals surface area (Å²) in [6, 6.07) is 0. The molecule has 9 nitrogen and oxygen atoms in total. The van der Waals surface area contributed by atoms with Gasteiger partial charge in [0, 0.05) is 19.5 Å². The van der Waals surface area contributed by atoms with Crippen LogP contribution in [0.5, 0.6) is 0 Å². The van der Waals surface area contributed by atoms with Crippen LogP contribution < -0.4 is 16.0 Å². The zero-order chi connectivity index (χ0) is 15.0. The van der Waals surface area contributed by atoms with Crippen molar-refractivity contribution in [1.82, 2.24) is 9.97 Å². The quantitative estimate of drug-likeness (QED) is 0.659. The van der Waals surface area contributed by atoms with Crippen LogP contribution in [-0.4, -0.2) is 53.3 Å². The minimum atomic E-state index is -1.11. The minimum Gasteiger partial charge on any atom is -0.481 e. The summed E-state index contributed by atoms with van der Waals surface area (Å²) >= 11 is 0. The summed E-state index contributed by atoms with van der Waals surface area (Å²) in [6.07, 6.45) is -0.160. The average molecular weight is 293 g/mol. The standard InChI is InChI=1S/C12H15N5O4/c13-9-8-6(11(19)20)5-7(18)14-10(8)16-12(15-9)17-1-3-21-4-2-17/h6H,1-5H2,(H,19,20)(H3,13,14,15,16,18)/t6-/m1/s1.